The van der Waals surface area contributed by atoms with Gasteiger partial charge in [-0.3, -0.25) is 0 Å². The van der Waals surface area contributed by atoms with E-state index in [2.05, 4.69) is 52.6 Å². The molecule has 0 saturated carbocycles. The zero-order chi connectivity index (χ0) is 12.0. The molecule has 0 saturated heterocycles. The van der Waals surface area contributed by atoms with Crippen molar-refractivity contribution in [3.05, 3.63) is 21.6 Å². The smallest absolute Gasteiger partial charge is 1.00 e. The van der Waals surface area contributed by atoms with Crippen molar-refractivity contribution in [3.8, 4) is 0 Å². The van der Waals surface area contributed by atoms with Gasteiger partial charge in [-0.15, -0.1) is 0 Å². The van der Waals surface area contributed by atoms with Crippen LogP contribution in [-0.2, 0) is 25.2 Å². The monoisotopic (exact) mass is 341 g/mol. The van der Waals surface area contributed by atoms with Crippen LogP contribution in [0.4, 0.5) is 0 Å². The first-order valence-corrected chi connectivity index (χ1v) is 10.3. The molecule has 0 amide bonds. The van der Waals surface area contributed by atoms with Crippen molar-refractivity contribution in [2.75, 3.05) is 6.61 Å². The van der Waals surface area contributed by atoms with Crippen LogP contribution in [-0.4, -0.2) is 21.5 Å². The van der Waals surface area contributed by atoms with E-state index in [1.807, 2.05) is 0 Å². The van der Waals surface area contributed by atoms with Gasteiger partial charge in [0.2, 0.25) is 0 Å². The predicted molar refractivity (Wildman–Crippen MR) is 69.1 cm³/mol. The zero-order valence-corrected chi connectivity index (χ0v) is 15.7. The van der Waals surface area contributed by atoms with Crippen molar-refractivity contribution in [1.29, 1.82) is 0 Å². The van der Waals surface area contributed by atoms with E-state index in [1.54, 1.807) is 0 Å². The molecule has 18 heavy (non-hydrogen) atoms. The van der Waals surface area contributed by atoms with E-state index in [9.17, 15) is 0 Å². The molecule has 1 aliphatic rings. The van der Waals surface area contributed by atoms with Crippen LogP contribution in [0.5, 0.6) is 0 Å². The number of hydrogen-bond donors (Lipinski definition) is 0. The van der Waals surface area contributed by atoms with Crippen LogP contribution in [0.15, 0.2) is 21.6 Å². The van der Waals surface area contributed by atoms with E-state index < -0.39 is 8.80 Å². The Bertz CT molecular complexity index is 280. The van der Waals surface area contributed by atoms with Gasteiger partial charge >= 0.3 is 114 Å². The average Bonchev–Trinajstić information content (AvgIpc) is 2.65. The molecule has 0 fully saturated rings. The Morgan fingerprint density at radius 3 is 2.50 bits per heavy atom. The molecule has 1 unspecified atom stereocenters. The fraction of sp³-hybridized carbons (Fsp3) is 0.692. The molecule has 1 nitrogen and oxygen atoms in total. The fourth-order valence-electron chi connectivity index (χ4n) is 1.90. The molecule has 0 spiro atoms. The van der Waals surface area contributed by atoms with Crippen molar-refractivity contribution in [1.82, 2.24) is 0 Å². The van der Waals surface area contributed by atoms with Gasteiger partial charge in [-0.2, -0.15) is 0 Å². The summed E-state index contributed by atoms with van der Waals surface area (Å²) in [4.78, 5) is 0. The summed E-state index contributed by atoms with van der Waals surface area (Å²) in [5.41, 5.74) is 1.46. The van der Waals surface area contributed by atoms with Crippen molar-refractivity contribution in [2.45, 2.75) is 51.4 Å². The van der Waals surface area contributed by atoms with E-state index in [0.29, 0.717) is 6.10 Å². The van der Waals surface area contributed by atoms with Gasteiger partial charge in [0.25, 0.3) is 0 Å². The fourth-order valence-corrected chi connectivity index (χ4v) is 3.43. The zero-order valence-electron chi connectivity index (χ0n) is 11.5. The molecule has 1 aliphatic carbocycles. The van der Waals surface area contributed by atoms with E-state index in [0.717, 1.165) is 19.4 Å². The minimum absolute atomic E-state index is 0. The Labute approximate surface area is 138 Å². The Hall–Kier alpha value is 0.951. The third kappa shape index (κ3) is 7.52. The second-order valence-corrected chi connectivity index (χ2v) is 9.18. The molecule has 0 aromatic heterocycles. The van der Waals surface area contributed by atoms with Gasteiger partial charge in [0.1, 0.15) is 0 Å². The number of allylic oxidation sites excluding steroid dienone is 2. The van der Waals surface area contributed by atoms with Crippen LogP contribution in [0.3, 0.4) is 0 Å². The number of rotatable bonds is 7. The molecule has 0 aromatic rings. The Kier molecular flexibility index (Phi) is 13.9. The van der Waals surface area contributed by atoms with Crippen LogP contribution in [0.1, 0.15) is 26.2 Å². The van der Waals surface area contributed by atoms with Gasteiger partial charge in [-0.05, 0) is 0 Å². The van der Waals surface area contributed by atoms with Gasteiger partial charge in [-0.25, -0.2) is 0 Å². The third-order valence-electron chi connectivity index (χ3n) is 2.84. The maximum Gasteiger partial charge on any atom is -1.00 e. The first-order valence-electron chi connectivity index (χ1n) is 6.38. The summed E-state index contributed by atoms with van der Waals surface area (Å²) in [6.45, 7) is 7.92. The Morgan fingerprint density at radius 2 is 2.06 bits per heavy atom. The van der Waals surface area contributed by atoms with Crippen LogP contribution in [0.25, 0.3) is 0 Å². The topological polar surface area (TPSA) is 9.23 Å². The number of ether oxygens (including phenoxy) is 1. The molecule has 0 aliphatic heterocycles. The molecule has 0 heterocycles. The van der Waals surface area contributed by atoms with E-state index in [4.69, 9.17) is 4.74 Å². The van der Waals surface area contributed by atoms with Crippen molar-refractivity contribution < 1.29 is 50.0 Å². The summed E-state index contributed by atoms with van der Waals surface area (Å²) in [7, 11) is -0.450. The summed E-state index contributed by atoms with van der Waals surface area (Å²) in [5, 5.41) is 0. The molecule has 0 radical (unpaired) electrons. The molecule has 5 heteroatoms. The third-order valence-corrected chi connectivity index (χ3v) is 5.10. The summed E-state index contributed by atoms with van der Waals surface area (Å²) in [6.07, 6.45) is 8.37. The molecule has 1 atom stereocenters. The standard InChI is InChI=1S/C13H23OSi.2ClH.Ti/c1-4-10-14-13(9-11-15(2)3)12-7-5-6-8-12;;;/h5,7,13,15H,4,6,9-11H2,1-3H3;2*1H;/q;;;+2/p-2. The second-order valence-electron chi connectivity index (χ2n) is 4.87. The van der Waals surface area contributed by atoms with Crippen LogP contribution in [0.2, 0.25) is 19.1 Å². The summed E-state index contributed by atoms with van der Waals surface area (Å²) in [5.74, 6) is 0. The summed E-state index contributed by atoms with van der Waals surface area (Å²) < 4.78 is 7.52. The molecule has 103 valence electrons. The van der Waals surface area contributed by atoms with Crippen molar-refractivity contribution in [2.24, 2.45) is 0 Å². The van der Waals surface area contributed by atoms with Crippen molar-refractivity contribution >= 4 is 8.80 Å². The molecule has 0 bridgehead atoms. The average molecular weight is 342 g/mol. The van der Waals surface area contributed by atoms with Crippen LogP contribution >= 0.6 is 0 Å². The quantitative estimate of drug-likeness (QED) is 0.462. The minimum Gasteiger partial charge on any atom is -1.00 e. The number of hydrogen-bond acceptors (Lipinski definition) is 1. The van der Waals surface area contributed by atoms with Gasteiger partial charge in [0.05, 0.1) is 0 Å². The van der Waals surface area contributed by atoms with Crippen LogP contribution < -0.4 is 24.8 Å². The summed E-state index contributed by atoms with van der Waals surface area (Å²) >= 11 is 2.24. The second kappa shape index (κ2) is 11.8. The summed E-state index contributed by atoms with van der Waals surface area (Å²) in [6, 6.07) is 1.39. The first-order chi connectivity index (χ1) is 7.65. The van der Waals surface area contributed by atoms with E-state index >= 15 is 0 Å². The van der Waals surface area contributed by atoms with Gasteiger partial charge < -0.3 is 24.8 Å². The Balaban J connectivity index is 0. The SMILES string of the molecule is CCCOC(CC[SiH](C)C)C1=[C]([Ti+2])CC=C1.[Cl-].[Cl-]. The van der Waals surface area contributed by atoms with Gasteiger partial charge in [0, 0.05) is 0 Å². The predicted octanol–water partition coefficient (Wildman–Crippen LogP) is -2.57. The Morgan fingerprint density at radius 1 is 1.39 bits per heavy atom. The molecule has 0 aromatic carbocycles. The largest absolute Gasteiger partial charge is 1.00 e. The van der Waals surface area contributed by atoms with Gasteiger partial charge in [-0.1, -0.05) is 0 Å². The van der Waals surface area contributed by atoms with E-state index in [-0.39, 0.29) is 24.8 Å². The van der Waals surface area contributed by atoms with E-state index in [1.165, 1.54) is 21.9 Å². The molecular weight excluding hydrogens is 319 g/mol. The molecule has 1 rings (SSSR count). The normalized spacial score (nSPS) is 15.7. The first kappa shape index (κ1) is 21.3. The van der Waals surface area contributed by atoms with Gasteiger partial charge in [0.15, 0.2) is 0 Å². The maximum atomic E-state index is 6.01. The number of halogens is 2. The van der Waals surface area contributed by atoms with Crippen molar-refractivity contribution in [3.63, 3.8) is 0 Å². The minimum atomic E-state index is -0.450. The van der Waals surface area contributed by atoms with Crippen LogP contribution in [0, 0.1) is 0 Å². The molecule has 0 N–H and O–H groups in total. The molecular formula is C13H23Cl2OSiTi. The maximum absolute atomic E-state index is 6.01.